The Morgan fingerprint density at radius 1 is 1.06 bits per heavy atom. The van der Waals surface area contributed by atoms with Crippen molar-refractivity contribution < 1.29 is 4.74 Å². The van der Waals surface area contributed by atoms with Crippen LogP contribution in [0.25, 0.3) is 10.9 Å². The van der Waals surface area contributed by atoms with Crippen LogP contribution in [0.3, 0.4) is 0 Å². The number of para-hydroxylation sites is 1. The van der Waals surface area contributed by atoms with Crippen molar-refractivity contribution in [3.63, 3.8) is 0 Å². The van der Waals surface area contributed by atoms with E-state index in [0.717, 1.165) is 47.1 Å². The van der Waals surface area contributed by atoms with Gasteiger partial charge in [0.2, 0.25) is 0 Å². The average molecular weight is 585 g/mol. The quantitative estimate of drug-likeness (QED) is 0.216. The summed E-state index contributed by atoms with van der Waals surface area (Å²) in [6.07, 6.45) is 7.16. The smallest absolute Gasteiger partial charge is 0.282 e. The maximum absolute atomic E-state index is 13.5. The van der Waals surface area contributed by atoms with Crippen LogP contribution >= 0.6 is 39.1 Å². The van der Waals surface area contributed by atoms with Crippen molar-refractivity contribution in [2.75, 3.05) is 0 Å². The molecule has 1 aliphatic rings. The molecule has 0 radical (unpaired) electrons. The zero-order chi connectivity index (χ0) is 25.1. The van der Waals surface area contributed by atoms with Crippen molar-refractivity contribution in [2.45, 2.75) is 44.6 Å². The van der Waals surface area contributed by atoms with Gasteiger partial charge in [0.1, 0.15) is 18.2 Å². The summed E-state index contributed by atoms with van der Waals surface area (Å²) >= 11 is 15.9. The van der Waals surface area contributed by atoms with Crippen molar-refractivity contribution in [1.82, 2.24) is 9.66 Å². The largest absolute Gasteiger partial charge is 0.488 e. The first-order valence-electron chi connectivity index (χ1n) is 11.9. The predicted octanol–water partition coefficient (Wildman–Crippen LogP) is 7.97. The number of aromatic nitrogens is 2. The Labute approximate surface area is 227 Å². The van der Waals surface area contributed by atoms with Gasteiger partial charge in [0.05, 0.1) is 17.1 Å². The third-order valence-corrected chi connectivity index (χ3v) is 7.51. The summed E-state index contributed by atoms with van der Waals surface area (Å²) in [5, 5.41) is 6.33. The van der Waals surface area contributed by atoms with Gasteiger partial charge in [0.15, 0.2) is 0 Å². The molecule has 0 N–H and O–H groups in total. The molecule has 0 atom stereocenters. The van der Waals surface area contributed by atoms with Gasteiger partial charge in [-0.15, -0.1) is 0 Å². The molecule has 0 aliphatic heterocycles. The highest BCUT2D eigenvalue weighted by molar-refractivity contribution is 9.10. The minimum atomic E-state index is -0.164. The fourth-order valence-corrected chi connectivity index (χ4v) is 5.39. The second-order valence-electron chi connectivity index (χ2n) is 8.89. The molecule has 0 spiro atoms. The molecule has 184 valence electrons. The molecule has 8 heteroatoms. The lowest BCUT2D eigenvalue weighted by molar-refractivity contribution is 0.306. The van der Waals surface area contributed by atoms with Crippen LogP contribution in [0.5, 0.6) is 5.75 Å². The fraction of sp³-hybridized carbons (Fsp3) is 0.250. The molecular formula is C28H24BrCl2N3O2. The van der Waals surface area contributed by atoms with Crippen LogP contribution in [-0.2, 0) is 6.61 Å². The molecule has 1 aromatic heterocycles. The summed E-state index contributed by atoms with van der Waals surface area (Å²) in [6, 6.07) is 18.4. The Hall–Kier alpha value is -2.67. The average Bonchev–Trinajstić information content (AvgIpc) is 2.89. The van der Waals surface area contributed by atoms with E-state index in [4.69, 9.17) is 32.9 Å². The van der Waals surface area contributed by atoms with E-state index < -0.39 is 0 Å². The van der Waals surface area contributed by atoms with Gasteiger partial charge in [-0.25, -0.2) is 4.98 Å². The van der Waals surface area contributed by atoms with E-state index in [9.17, 15) is 4.79 Å². The second kappa shape index (κ2) is 11.2. The summed E-state index contributed by atoms with van der Waals surface area (Å²) in [4.78, 5) is 18.4. The van der Waals surface area contributed by atoms with Crippen molar-refractivity contribution in [1.29, 1.82) is 0 Å². The highest BCUT2D eigenvalue weighted by atomic mass is 79.9. The minimum Gasteiger partial charge on any atom is -0.488 e. The number of fused-ring (bicyclic) bond motifs is 1. The monoisotopic (exact) mass is 583 g/mol. The van der Waals surface area contributed by atoms with E-state index in [1.807, 2.05) is 42.5 Å². The molecule has 0 unspecified atom stereocenters. The van der Waals surface area contributed by atoms with Crippen molar-refractivity contribution in [3.8, 4) is 5.75 Å². The maximum atomic E-state index is 13.5. The number of nitrogens with zero attached hydrogens (tertiary/aromatic N) is 3. The first-order chi connectivity index (χ1) is 17.5. The van der Waals surface area contributed by atoms with E-state index in [-0.39, 0.29) is 18.1 Å². The lowest BCUT2D eigenvalue weighted by Crippen LogP contribution is -2.25. The zero-order valence-corrected chi connectivity index (χ0v) is 22.6. The molecule has 5 nitrogen and oxygen atoms in total. The van der Waals surface area contributed by atoms with E-state index in [0.29, 0.717) is 26.7 Å². The first kappa shape index (κ1) is 25.0. The molecule has 4 aromatic rings. The van der Waals surface area contributed by atoms with Crippen LogP contribution in [0.1, 0.15) is 55.0 Å². The van der Waals surface area contributed by atoms with E-state index >= 15 is 0 Å². The summed E-state index contributed by atoms with van der Waals surface area (Å²) < 4.78 is 8.44. The number of hydrogen-bond donors (Lipinski definition) is 0. The van der Waals surface area contributed by atoms with Crippen LogP contribution < -0.4 is 10.3 Å². The summed E-state index contributed by atoms with van der Waals surface area (Å²) in [5.74, 6) is 1.55. The summed E-state index contributed by atoms with van der Waals surface area (Å²) in [5.41, 5.74) is 2.09. The SMILES string of the molecule is O=c1c2ccccc2nc(C2CCCCC2)n1N=Cc1cc(Br)ccc1OCc1ccc(Cl)cc1Cl. The van der Waals surface area contributed by atoms with Gasteiger partial charge in [-0.2, -0.15) is 9.78 Å². The highest BCUT2D eigenvalue weighted by Crippen LogP contribution is 2.32. The van der Waals surface area contributed by atoms with Gasteiger partial charge in [0.25, 0.3) is 5.56 Å². The molecular weight excluding hydrogens is 561 g/mol. The Morgan fingerprint density at radius 3 is 2.67 bits per heavy atom. The predicted molar refractivity (Wildman–Crippen MR) is 150 cm³/mol. The normalized spacial score (nSPS) is 14.5. The third-order valence-electron chi connectivity index (χ3n) is 6.43. The van der Waals surface area contributed by atoms with Crippen LogP contribution in [0, 0.1) is 0 Å². The summed E-state index contributed by atoms with van der Waals surface area (Å²) in [6.45, 7) is 0.267. The van der Waals surface area contributed by atoms with Crippen molar-refractivity contribution >= 4 is 56.2 Å². The molecule has 1 fully saturated rings. The van der Waals surface area contributed by atoms with Gasteiger partial charge in [0, 0.05) is 31.6 Å². The van der Waals surface area contributed by atoms with Crippen molar-refractivity contribution in [2.24, 2.45) is 5.10 Å². The van der Waals surface area contributed by atoms with Crippen LogP contribution in [-0.4, -0.2) is 15.9 Å². The molecule has 0 saturated heterocycles. The van der Waals surface area contributed by atoms with E-state index in [1.54, 1.807) is 24.4 Å². The Kier molecular flexibility index (Phi) is 7.75. The first-order valence-corrected chi connectivity index (χ1v) is 13.5. The van der Waals surface area contributed by atoms with Gasteiger partial charge in [-0.3, -0.25) is 4.79 Å². The van der Waals surface area contributed by atoms with Crippen LogP contribution in [0.4, 0.5) is 0 Å². The maximum Gasteiger partial charge on any atom is 0.282 e. The molecule has 0 amide bonds. The van der Waals surface area contributed by atoms with Crippen LogP contribution in [0.15, 0.2) is 75.0 Å². The molecule has 1 heterocycles. The number of hydrogen-bond acceptors (Lipinski definition) is 4. The molecule has 5 rings (SSSR count). The lowest BCUT2D eigenvalue weighted by atomic mass is 9.88. The van der Waals surface area contributed by atoms with Gasteiger partial charge in [-0.05, 0) is 55.3 Å². The van der Waals surface area contributed by atoms with Gasteiger partial charge >= 0.3 is 0 Å². The Bertz CT molecular complexity index is 1500. The summed E-state index contributed by atoms with van der Waals surface area (Å²) in [7, 11) is 0. The van der Waals surface area contributed by atoms with E-state index in [1.165, 1.54) is 11.1 Å². The topological polar surface area (TPSA) is 56.5 Å². The Balaban J connectivity index is 1.51. The zero-order valence-electron chi connectivity index (χ0n) is 19.5. The highest BCUT2D eigenvalue weighted by Gasteiger charge is 2.22. The lowest BCUT2D eigenvalue weighted by Gasteiger charge is -2.22. The van der Waals surface area contributed by atoms with Crippen molar-refractivity contribution in [3.05, 3.63) is 102 Å². The second-order valence-corrected chi connectivity index (χ2v) is 10.6. The number of benzene rings is 3. The van der Waals surface area contributed by atoms with Crippen LogP contribution in [0.2, 0.25) is 10.0 Å². The number of halogens is 3. The minimum absolute atomic E-state index is 0.164. The number of rotatable bonds is 6. The van der Waals surface area contributed by atoms with Gasteiger partial charge < -0.3 is 4.74 Å². The molecule has 0 bridgehead atoms. The molecule has 3 aromatic carbocycles. The fourth-order valence-electron chi connectivity index (χ4n) is 4.54. The molecule has 1 aliphatic carbocycles. The third kappa shape index (κ3) is 5.51. The number of ether oxygens (including phenoxy) is 1. The Morgan fingerprint density at radius 2 is 1.86 bits per heavy atom. The van der Waals surface area contributed by atoms with Gasteiger partial charge in [-0.1, -0.05) is 76.6 Å². The molecule has 36 heavy (non-hydrogen) atoms. The van der Waals surface area contributed by atoms with E-state index in [2.05, 4.69) is 21.0 Å². The standard InChI is InChI=1S/C28H24BrCl2N3O2/c29-21-11-13-26(36-17-19-10-12-22(30)15-24(19)31)20(14-21)16-32-34-27(18-6-2-1-3-7-18)33-25-9-5-4-8-23(25)28(34)35/h4-5,8-16,18H,1-3,6-7,17H2. The molecule has 1 saturated carbocycles.